The SMILES string of the molecule is CNC(c1ccc(C)c(C)c1)c1cc(F)ccc1OC. The van der Waals surface area contributed by atoms with Gasteiger partial charge in [0.15, 0.2) is 0 Å². The van der Waals surface area contributed by atoms with Gasteiger partial charge < -0.3 is 10.1 Å². The fraction of sp³-hybridized carbons (Fsp3) is 0.294. The molecule has 0 saturated carbocycles. The summed E-state index contributed by atoms with van der Waals surface area (Å²) in [7, 11) is 3.47. The van der Waals surface area contributed by atoms with E-state index in [2.05, 4.69) is 37.4 Å². The molecule has 2 rings (SSSR count). The lowest BCUT2D eigenvalue weighted by Crippen LogP contribution is -2.19. The summed E-state index contributed by atoms with van der Waals surface area (Å²) in [5.74, 6) is 0.425. The number of rotatable bonds is 4. The zero-order valence-corrected chi connectivity index (χ0v) is 12.3. The van der Waals surface area contributed by atoms with Crippen LogP contribution in [0.5, 0.6) is 5.75 Å². The van der Waals surface area contributed by atoms with E-state index < -0.39 is 0 Å². The molecule has 1 atom stereocenters. The molecular weight excluding hydrogens is 253 g/mol. The zero-order chi connectivity index (χ0) is 14.7. The predicted octanol–water partition coefficient (Wildman–Crippen LogP) is 3.76. The van der Waals surface area contributed by atoms with Crippen molar-refractivity contribution < 1.29 is 9.13 Å². The van der Waals surface area contributed by atoms with E-state index in [0.29, 0.717) is 5.75 Å². The van der Waals surface area contributed by atoms with Crippen molar-refractivity contribution in [3.05, 3.63) is 64.5 Å². The molecule has 0 saturated heterocycles. The minimum Gasteiger partial charge on any atom is -0.496 e. The lowest BCUT2D eigenvalue weighted by molar-refractivity contribution is 0.404. The fourth-order valence-corrected chi connectivity index (χ4v) is 2.38. The average Bonchev–Trinajstić information content (AvgIpc) is 2.44. The van der Waals surface area contributed by atoms with E-state index in [0.717, 1.165) is 11.1 Å². The van der Waals surface area contributed by atoms with Crippen molar-refractivity contribution in [2.24, 2.45) is 0 Å². The molecule has 0 heterocycles. The zero-order valence-electron chi connectivity index (χ0n) is 12.3. The molecule has 0 bridgehead atoms. The van der Waals surface area contributed by atoms with Gasteiger partial charge in [-0.25, -0.2) is 4.39 Å². The van der Waals surface area contributed by atoms with Crippen LogP contribution < -0.4 is 10.1 Å². The summed E-state index contributed by atoms with van der Waals surface area (Å²) in [5, 5.41) is 3.24. The minimum absolute atomic E-state index is 0.0973. The summed E-state index contributed by atoms with van der Waals surface area (Å²) in [5.41, 5.74) is 4.37. The van der Waals surface area contributed by atoms with Gasteiger partial charge in [-0.3, -0.25) is 0 Å². The lowest BCUT2D eigenvalue weighted by Gasteiger charge is -2.21. The van der Waals surface area contributed by atoms with Gasteiger partial charge in [0.1, 0.15) is 11.6 Å². The van der Waals surface area contributed by atoms with Crippen LogP contribution in [0.2, 0.25) is 0 Å². The molecule has 2 nitrogen and oxygen atoms in total. The summed E-state index contributed by atoms with van der Waals surface area (Å²) in [6.07, 6.45) is 0. The van der Waals surface area contributed by atoms with Gasteiger partial charge in [0.25, 0.3) is 0 Å². The molecule has 106 valence electrons. The van der Waals surface area contributed by atoms with Crippen LogP contribution in [-0.2, 0) is 0 Å². The van der Waals surface area contributed by atoms with Gasteiger partial charge in [-0.2, -0.15) is 0 Å². The molecule has 0 radical (unpaired) electrons. The Labute approximate surface area is 119 Å². The number of ether oxygens (including phenoxy) is 1. The number of methoxy groups -OCH3 is 1. The van der Waals surface area contributed by atoms with Crippen molar-refractivity contribution >= 4 is 0 Å². The number of nitrogens with one attached hydrogen (secondary N) is 1. The van der Waals surface area contributed by atoms with E-state index in [1.54, 1.807) is 13.2 Å². The van der Waals surface area contributed by atoms with Gasteiger partial charge >= 0.3 is 0 Å². The first-order valence-corrected chi connectivity index (χ1v) is 6.64. The van der Waals surface area contributed by atoms with Crippen LogP contribution in [0.15, 0.2) is 36.4 Å². The molecule has 0 amide bonds. The molecule has 0 spiro atoms. The van der Waals surface area contributed by atoms with Gasteiger partial charge in [0.05, 0.1) is 13.2 Å². The van der Waals surface area contributed by atoms with Gasteiger partial charge in [-0.1, -0.05) is 18.2 Å². The van der Waals surface area contributed by atoms with Gasteiger partial charge in [0.2, 0.25) is 0 Å². The quantitative estimate of drug-likeness (QED) is 0.915. The number of halogens is 1. The molecule has 0 fully saturated rings. The highest BCUT2D eigenvalue weighted by molar-refractivity contribution is 5.43. The van der Waals surface area contributed by atoms with Gasteiger partial charge in [-0.05, 0) is 55.8 Å². The highest BCUT2D eigenvalue weighted by Crippen LogP contribution is 2.31. The molecule has 20 heavy (non-hydrogen) atoms. The normalized spacial score (nSPS) is 12.2. The van der Waals surface area contributed by atoms with Crippen LogP contribution in [0.4, 0.5) is 4.39 Å². The third-order valence-corrected chi connectivity index (χ3v) is 3.66. The third kappa shape index (κ3) is 2.83. The van der Waals surface area contributed by atoms with Gasteiger partial charge in [-0.15, -0.1) is 0 Å². The number of benzene rings is 2. The summed E-state index contributed by atoms with van der Waals surface area (Å²) in [4.78, 5) is 0. The Kier molecular flexibility index (Phi) is 4.40. The summed E-state index contributed by atoms with van der Waals surface area (Å²) in [6.45, 7) is 4.16. The number of hydrogen-bond acceptors (Lipinski definition) is 2. The molecule has 0 aromatic heterocycles. The fourth-order valence-electron chi connectivity index (χ4n) is 2.38. The van der Waals surface area contributed by atoms with Crippen LogP contribution in [-0.4, -0.2) is 14.2 Å². The minimum atomic E-state index is -0.259. The van der Waals surface area contributed by atoms with E-state index in [4.69, 9.17) is 4.74 Å². The second-order valence-electron chi connectivity index (χ2n) is 4.95. The Morgan fingerprint density at radius 3 is 2.40 bits per heavy atom. The van der Waals surface area contributed by atoms with Crippen LogP contribution in [0, 0.1) is 19.7 Å². The maximum atomic E-state index is 13.6. The first kappa shape index (κ1) is 14.5. The Morgan fingerprint density at radius 1 is 1.05 bits per heavy atom. The van der Waals surface area contributed by atoms with Crippen molar-refractivity contribution in [1.29, 1.82) is 0 Å². The Morgan fingerprint density at radius 2 is 1.80 bits per heavy atom. The van der Waals surface area contributed by atoms with Crippen molar-refractivity contribution in [3.63, 3.8) is 0 Å². The van der Waals surface area contributed by atoms with E-state index in [-0.39, 0.29) is 11.9 Å². The maximum Gasteiger partial charge on any atom is 0.124 e. The lowest BCUT2D eigenvalue weighted by atomic mass is 9.95. The second kappa shape index (κ2) is 6.06. The highest BCUT2D eigenvalue weighted by Gasteiger charge is 2.17. The molecule has 0 aliphatic carbocycles. The highest BCUT2D eigenvalue weighted by atomic mass is 19.1. The largest absolute Gasteiger partial charge is 0.496 e. The number of aryl methyl sites for hydroxylation is 2. The smallest absolute Gasteiger partial charge is 0.124 e. The summed E-state index contributed by atoms with van der Waals surface area (Å²) in [6, 6.07) is 10.8. The van der Waals surface area contributed by atoms with E-state index >= 15 is 0 Å². The molecule has 0 aliphatic heterocycles. The van der Waals surface area contributed by atoms with Crippen LogP contribution in [0.3, 0.4) is 0 Å². The van der Waals surface area contributed by atoms with Crippen molar-refractivity contribution in [2.75, 3.05) is 14.2 Å². The van der Waals surface area contributed by atoms with E-state index in [9.17, 15) is 4.39 Å². The number of hydrogen-bond donors (Lipinski definition) is 1. The van der Waals surface area contributed by atoms with Crippen molar-refractivity contribution in [2.45, 2.75) is 19.9 Å². The first-order valence-electron chi connectivity index (χ1n) is 6.64. The van der Waals surface area contributed by atoms with Crippen molar-refractivity contribution in [3.8, 4) is 5.75 Å². The van der Waals surface area contributed by atoms with E-state index in [1.165, 1.54) is 23.3 Å². The second-order valence-corrected chi connectivity index (χ2v) is 4.95. The third-order valence-electron chi connectivity index (χ3n) is 3.66. The molecule has 3 heteroatoms. The van der Waals surface area contributed by atoms with Crippen LogP contribution in [0.25, 0.3) is 0 Å². The maximum absolute atomic E-state index is 13.6. The van der Waals surface area contributed by atoms with Crippen LogP contribution >= 0.6 is 0 Å². The molecule has 2 aromatic carbocycles. The monoisotopic (exact) mass is 273 g/mol. The Balaban J connectivity index is 2.51. The summed E-state index contributed by atoms with van der Waals surface area (Å²) >= 11 is 0. The average molecular weight is 273 g/mol. The van der Waals surface area contributed by atoms with E-state index in [1.807, 2.05) is 7.05 Å². The van der Waals surface area contributed by atoms with Crippen molar-refractivity contribution in [1.82, 2.24) is 5.32 Å². The standard InChI is InChI=1S/C17H20FNO/c1-11-5-6-13(9-12(11)2)17(19-3)15-10-14(18)7-8-16(15)20-4/h5-10,17,19H,1-4H3. The molecule has 1 N–H and O–H groups in total. The molecular formula is C17H20FNO. The van der Waals surface area contributed by atoms with Crippen LogP contribution in [0.1, 0.15) is 28.3 Å². The predicted molar refractivity (Wildman–Crippen MR) is 79.8 cm³/mol. The van der Waals surface area contributed by atoms with Gasteiger partial charge in [0, 0.05) is 5.56 Å². The molecule has 0 aliphatic rings. The first-order chi connectivity index (χ1) is 9.56. The molecule has 1 unspecified atom stereocenters. The molecule has 2 aromatic rings. The topological polar surface area (TPSA) is 21.3 Å². The Hall–Kier alpha value is -1.87. The Bertz CT molecular complexity index is 610. The summed E-state index contributed by atoms with van der Waals surface area (Å²) < 4.78 is 18.9.